The molecule has 0 atom stereocenters. The second-order valence-electron chi connectivity index (χ2n) is 7.52. The Morgan fingerprint density at radius 3 is 2.68 bits per heavy atom. The summed E-state index contributed by atoms with van der Waals surface area (Å²) < 4.78 is 2.46. The van der Waals surface area contributed by atoms with Gasteiger partial charge in [-0.15, -0.1) is 0 Å². The van der Waals surface area contributed by atoms with E-state index in [1.807, 2.05) is 0 Å². The third-order valence-electron chi connectivity index (χ3n) is 6.13. The molecule has 0 amide bonds. The van der Waals surface area contributed by atoms with Gasteiger partial charge in [0.1, 0.15) is 6.54 Å². The highest BCUT2D eigenvalue weighted by Crippen LogP contribution is 2.37. The lowest BCUT2D eigenvalue weighted by atomic mass is 9.85. The lowest BCUT2D eigenvalue weighted by Crippen LogP contribution is -2.39. The van der Waals surface area contributed by atoms with Crippen LogP contribution in [0.5, 0.6) is 0 Å². The van der Waals surface area contributed by atoms with E-state index in [-0.39, 0.29) is 0 Å². The first-order chi connectivity index (χ1) is 12.3. The van der Waals surface area contributed by atoms with Crippen molar-refractivity contribution in [3.8, 4) is 0 Å². The van der Waals surface area contributed by atoms with Gasteiger partial charge in [-0.2, -0.15) is 0 Å². The molecule has 0 bridgehead atoms. The van der Waals surface area contributed by atoms with Crippen molar-refractivity contribution >= 4 is 6.08 Å². The second kappa shape index (κ2) is 7.19. The molecule has 0 saturated heterocycles. The predicted octanol–water partition coefficient (Wildman–Crippen LogP) is 4.93. The predicted molar refractivity (Wildman–Crippen MR) is 104 cm³/mol. The van der Waals surface area contributed by atoms with Gasteiger partial charge in [-0.05, 0) is 87.7 Å². The maximum absolute atomic E-state index is 2.48. The number of rotatable bonds is 3. The van der Waals surface area contributed by atoms with Crippen LogP contribution in [0, 0.1) is 0 Å². The molecule has 132 valence electrons. The van der Waals surface area contributed by atoms with Crippen molar-refractivity contribution in [2.45, 2.75) is 71.8 Å². The molecule has 0 N–H and O–H groups in total. The molecule has 25 heavy (non-hydrogen) atoms. The molecular weight excluding hydrogens is 304 g/mol. The van der Waals surface area contributed by atoms with E-state index in [4.69, 9.17) is 0 Å². The van der Waals surface area contributed by atoms with Crippen LogP contribution in [0.3, 0.4) is 0 Å². The minimum absolute atomic E-state index is 1.08. The van der Waals surface area contributed by atoms with Gasteiger partial charge in [0.05, 0.1) is 0 Å². The largest absolute Gasteiger partial charge is 0.351 e. The number of hydrogen-bond acceptors (Lipinski definition) is 1. The first-order valence-corrected chi connectivity index (χ1v) is 10.2. The van der Waals surface area contributed by atoms with E-state index in [2.05, 4.69) is 53.9 Å². The fourth-order valence-corrected chi connectivity index (χ4v) is 4.79. The Balaban J connectivity index is 1.77. The number of aromatic nitrogens is 1. The first kappa shape index (κ1) is 16.6. The van der Waals surface area contributed by atoms with Crippen LogP contribution in [0.1, 0.15) is 69.2 Å². The summed E-state index contributed by atoms with van der Waals surface area (Å²) >= 11 is 0. The van der Waals surface area contributed by atoms with Gasteiger partial charge in [0, 0.05) is 36.5 Å². The van der Waals surface area contributed by atoms with Crippen LogP contribution in [0.4, 0.5) is 0 Å². The van der Waals surface area contributed by atoms with Crippen LogP contribution in [0.15, 0.2) is 41.4 Å². The molecule has 0 fully saturated rings. The Kier molecular flexibility index (Phi) is 4.78. The number of aryl methyl sites for hydroxylation is 1. The monoisotopic (exact) mass is 335 g/mol. The van der Waals surface area contributed by atoms with Crippen LogP contribution in [-0.2, 0) is 19.4 Å². The number of hydrogen-bond donors (Lipinski definition) is 0. The quantitative estimate of drug-likeness (QED) is 0.710. The lowest BCUT2D eigenvalue weighted by Gasteiger charge is -2.33. The van der Waals surface area contributed by atoms with Crippen molar-refractivity contribution < 1.29 is 4.57 Å². The van der Waals surface area contributed by atoms with Crippen molar-refractivity contribution in [2.75, 3.05) is 6.54 Å². The van der Waals surface area contributed by atoms with Gasteiger partial charge in [-0.25, -0.2) is 4.57 Å². The highest BCUT2D eigenvalue weighted by molar-refractivity contribution is 5.66. The highest BCUT2D eigenvalue weighted by atomic mass is 15.1. The summed E-state index contributed by atoms with van der Waals surface area (Å²) in [4.78, 5) is 2.46. The van der Waals surface area contributed by atoms with Crippen LogP contribution in [0.2, 0.25) is 0 Å². The van der Waals surface area contributed by atoms with Gasteiger partial charge < -0.3 is 4.90 Å². The Morgan fingerprint density at radius 1 is 1.04 bits per heavy atom. The number of nitrogens with zero attached hydrogens (tertiary/aromatic N) is 2. The average Bonchev–Trinajstić information content (AvgIpc) is 2.68. The summed E-state index contributed by atoms with van der Waals surface area (Å²) in [6, 6.07) is 2.35. The molecule has 4 rings (SSSR count). The normalized spacial score (nSPS) is 21.5. The van der Waals surface area contributed by atoms with Crippen LogP contribution < -0.4 is 4.57 Å². The maximum Gasteiger partial charge on any atom is 0.185 e. The van der Waals surface area contributed by atoms with Crippen molar-refractivity contribution in [3.63, 3.8) is 0 Å². The van der Waals surface area contributed by atoms with Crippen molar-refractivity contribution in [3.05, 3.63) is 58.2 Å². The molecule has 1 aliphatic heterocycles. The minimum Gasteiger partial charge on any atom is -0.351 e. The Morgan fingerprint density at radius 2 is 1.84 bits per heavy atom. The van der Waals surface area contributed by atoms with E-state index < -0.39 is 0 Å². The summed E-state index contributed by atoms with van der Waals surface area (Å²) in [7, 11) is 0. The van der Waals surface area contributed by atoms with Gasteiger partial charge in [-0.3, -0.25) is 0 Å². The summed E-state index contributed by atoms with van der Waals surface area (Å²) in [5.74, 6) is 0. The fourth-order valence-electron chi connectivity index (χ4n) is 4.79. The third kappa shape index (κ3) is 3.07. The summed E-state index contributed by atoms with van der Waals surface area (Å²) in [6.07, 6.45) is 19.8. The van der Waals surface area contributed by atoms with E-state index >= 15 is 0 Å². The molecule has 2 heterocycles. The van der Waals surface area contributed by atoms with E-state index in [0.717, 1.165) is 13.1 Å². The molecule has 2 aliphatic carbocycles. The molecule has 3 aliphatic rings. The van der Waals surface area contributed by atoms with Crippen LogP contribution in [0.25, 0.3) is 6.08 Å². The SMILES string of the molecule is CCN1C=C/C(=C\c2cc[n+](CC)c3c2CCCC3)C2=C1CCCC2. The number of pyridine rings is 1. The molecule has 2 heteroatoms. The van der Waals surface area contributed by atoms with Gasteiger partial charge in [0.25, 0.3) is 0 Å². The standard InChI is InChI=1S/C23H31N2/c1-3-24-15-13-18(20-9-5-7-11-22(20)24)17-19-14-16-25(4-2)23-12-8-6-10-21(19)23/h13-17H,3-12H2,1-2H3/q+1. The average molecular weight is 336 g/mol. The van der Waals surface area contributed by atoms with Crippen molar-refractivity contribution in [1.82, 2.24) is 4.90 Å². The van der Waals surface area contributed by atoms with E-state index in [1.54, 1.807) is 22.5 Å². The van der Waals surface area contributed by atoms with E-state index in [0.29, 0.717) is 0 Å². The molecule has 2 nitrogen and oxygen atoms in total. The molecule has 0 radical (unpaired) electrons. The first-order valence-electron chi connectivity index (χ1n) is 10.2. The van der Waals surface area contributed by atoms with Crippen molar-refractivity contribution in [2.24, 2.45) is 0 Å². The fraction of sp³-hybridized carbons (Fsp3) is 0.522. The van der Waals surface area contributed by atoms with E-state index in [9.17, 15) is 0 Å². The highest BCUT2D eigenvalue weighted by Gasteiger charge is 2.24. The van der Waals surface area contributed by atoms with Crippen molar-refractivity contribution in [1.29, 1.82) is 0 Å². The Hall–Kier alpha value is -1.83. The second-order valence-corrected chi connectivity index (χ2v) is 7.52. The summed E-state index contributed by atoms with van der Waals surface area (Å²) in [6.45, 7) is 6.68. The smallest absolute Gasteiger partial charge is 0.185 e. The lowest BCUT2D eigenvalue weighted by molar-refractivity contribution is -0.701. The minimum atomic E-state index is 1.08. The molecule has 1 aromatic heterocycles. The van der Waals surface area contributed by atoms with Gasteiger partial charge in [0.2, 0.25) is 0 Å². The zero-order valence-electron chi connectivity index (χ0n) is 15.9. The van der Waals surface area contributed by atoms with Gasteiger partial charge >= 0.3 is 0 Å². The molecule has 0 spiro atoms. The molecule has 0 unspecified atom stereocenters. The van der Waals surface area contributed by atoms with E-state index in [1.165, 1.54) is 62.5 Å². The number of fused-ring (bicyclic) bond motifs is 1. The third-order valence-corrected chi connectivity index (χ3v) is 6.13. The topological polar surface area (TPSA) is 7.12 Å². The van der Waals surface area contributed by atoms with Crippen LogP contribution in [-0.4, -0.2) is 11.4 Å². The zero-order valence-corrected chi connectivity index (χ0v) is 15.9. The van der Waals surface area contributed by atoms with Gasteiger partial charge in [0.15, 0.2) is 11.9 Å². The molecule has 0 saturated carbocycles. The number of allylic oxidation sites excluding steroid dienone is 4. The molecular formula is C23H31N2+. The van der Waals surface area contributed by atoms with Crippen LogP contribution >= 0.6 is 0 Å². The summed E-state index contributed by atoms with van der Waals surface area (Å²) in [5, 5.41) is 0. The summed E-state index contributed by atoms with van der Waals surface area (Å²) in [5.41, 5.74) is 9.29. The molecule has 1 aromatic rings. The van der Waals surface area contributed by atoms with Gasteiger partial charge in [-0.1, -0.05) is 0 Å². The maximum atomic E-state index is 2.48. The Bertz CT molecular complexity index is 752. The molecule has 0 aromatic carbocycles. The Labute approximate surface area is 152 Å². The zero-order chi connectivity index (χ0) is 17.2.